The molecule has 0 fully saturated rings. The van der Waals surface area contributed by atoms with E-state index in [1.807, 2.05) is 12.3 Å². The van der Waals surface area contributed by atoms with E-state index in [0.29, 0.717) is 5.75 Å². The van der Waals surface area contributed by atoms with E-state index in [9.17, 15) is 5.11 Å². The van der Waals surface area contributed by atoms with Gasteiger partial charge in [-0.2, -0.15) is 0 Å². The van der Waals surface area contributed by atoms with Crippen LogP contribution in [0.4, 0.5) is 5.13 Å². The Morgan fingerprint density at radius 1 is 1.47 bits per heavy atom. The molecule has 4 nitrogen and oxygen atoms in total. The second-order valence-corrected chi connectivity index (χ2v) is 4.30. The first-order chi connectivity index (χ1) is 8.19. The summed E-state index contributed by atoms with van der Waals surface area (Å²) in [6.07, 6.45) is 1.69. The molecule has 88 valence electrons. The molecule has 0 spiro atoms. The number of aliphatic imine (C=N–C) groups is 1. The van der Waals surface area contributed by atoms with Crippen LogP contribution in [0.25, 0.3) is 0 Å². The summed E-state index contributed by atoms with van der Waals surface area (Å²) in [6.45, 7) is 1.93. The molecule has 1 N–H and O–H groups in total. The van der Waals surface area contributed by atoms with Crippen LogP contribution in [-0.4, -0.2) is 23.4 Å². The van der Waals surface area contributed by atoms with Crippen molar-refractivity contribution in [2.75, 3.05) is 7.11 Å². The number of aromatic hydroxyl groups is 1. The summed E-state index contributed by atoms with van der Waals surface area (Å²) in [5.74, 6) is 0.555. The van der Waals surface area contributed by atoms with Gasteiger partial charge in [0.1, 0.15) is 0 Å². The molecule has 2 rings (SSSR count). The van der Waals surface area contributed by atoms with Crippen molar-refractivity contribution in [1.82, 2.24) is 4.98 Å². The lowest BCUT2D eigenvalue weighted by Gasteiger charge is -2.02. The van der Waals surface area contributed by atoms with Crippen LogP contribution in [0, 0.1) is 6.92 Å². The van der Waals surface area contributed by atoms with Gasteiger partial charge in [-0.15, -0.1) is 11.3 Å². The summed E-state index contributed by atoms with van der Waals surface area (Å²) in [6, 6.07) is 5.06. The van der Waals surface area contributed by atoms with Crippen molar-refractivity contribution in [3.63, 3.8) is 0 Å². The molecule has 0 aliphatic rings. The van der Waals surface area contributed by atoms with Crippen LogP contribution >= 0.6 is 11.3 Å². The first kappa shape index (κ1) is 11.6. The smallest absolute Gasteiger partial charge is 0.209 e. The minimum Gasteiger partial charge on any atom is -0.504 e. The highest BCUT2D eigenvalue weighted by Gasteiger charge is 2.01. The number of hydrogen-bond donors (Lipinski definition) is 1. The number of phenolic OH excluding ortho intramolecular Hbond substituents is 1. The minimum atomic E-state index is 0.120. The lowest BCUT2D eigenvalue weighted by atomic mass is 10.2. The summed E-state index contributed by atoms with van der Waals surface area (Å²) < 4.78 is 5.02. The van der Waals surface area contributed by atoms with Crippen LogP contribution in [0.5, 0.6) is 11.5 Å². The second-order valence-electron chi connectivity index (χ2n) is 3.46. The molecule has 0 saturated heterocycles. The molecule has 0 radical (unpaired) electrons. The van der Waals surface area contributed by atoms with E-state index < -0.39 is 0 Å². The molecule has 2 aromatic rings. The third kappa shape index (κ3) is 2.82. The van der Waals surface area contributed by atoms with Crippen molar-refractivity contribution in [2.24, 2.45) is 4.99 Å². The maximum atomic E-state index is 9.44. The van der Waals surface area contributed by atoms with E-state index in [4.69, 9.17) is 4.74 Å². The number of ether oxygens (including phenoxy) is 1. The molecule has 1 heterocycles. The molecule has 0 unspecified atom stereocenters. The van der Waals surface area contributed by atoms with Gasteiger partial charge in [0, 0.05) is 11.6 Å². The predicted molar refractivity (Wildman–Crippen MR) is 68.8 cm³/mol. The third-order valence-corrected chi connectivity index (χ3v) is 3.00. The van der Waals surface area contributed by atoms with Gasteiger partial charge >= 0.3 is 0 Å². The zero-order valence-corrected chi connectivity index (χ0v) is 10.4. The van der Waals surface area contributed by atoms with E-state index in [1.165, 1.54) is 18.4 Å². The van der Waals surface area contributed by atoms with Gasteiger partial charge < -0.3 is 9.84 Å². The quantitative estimate of drug-likeness (QED) is 0.850. The molecule has 0 aliphatic heterocycles. The molecule has 0 aliphatic carbocycles. The van der Waals surface area contributed by atoms with Crippen LogP contribution in [-0.2, 0) is 0 Å². The summed E-state index contributed by atoms with van der Waals surface area (Å²) >= 11 is 1.49. The number of hydrogen-bond acceptors (Lipinski definition) is 5. The van der Waals surface area contributed by atoms with E-state index in [1.54, 1.807) is 24.4 Å². The van der Waals surface area contributed by atoms with Crippen molar-refractivity contribution in [1.29, 1.82) is 0 Å². The van der Waals surface area contributed by atoms with Gasteiger partial charge in [0.05, 0.1) is 12.8 Å². The van der Waals surface area contributed by atoms with Gasteiger partial charge in [-0.05, 0) is 30.7 Å². The molecule has 0 amide bonds. The molecule has 5 heteroatoms. The van der Waals surface area contributed by atoms with Crippen molar-refractivity contribution in [3.05, 3.63) is 34.8 Å². The summed E-state index contributed by atoms with van der Waals surface area (Å²) in [5, 5.41) is 12.1. The Balaban J connectivity index is 2.21. The lowest BCUT2D eigenvalue weighted by Crippen LogP contribution is -1.86. The average molecular weight is 248 g/mol. The number of aryl methyl sites for hydroxylation is 1. The molecule has 1 aromatic carbocycles. The molecular weight excluding hydrogens is 236 g/mol. The molecular formula is C12H12N2O2S. The molecule has 0 bridgehead atoms. The Labute approximate surface area is 103 Å². The van der Waals surface area contributed by atoms with E-state index in [2.05, 4.69) is 9.98 Å². The summed E-state index contributed by atoms with van der Waals surface area (Å²) in [7, 11) is 1.51. The molecule has 0 saturated carbocycles. The highest BCUT2D eigenvalue weighted by Crippen LogP contribution is 2.26. The van der Waals surface area contributed by atoms with Gasteiger partial charge in [-0.25, -0.2) is 9.98 Å². The number of benzene rings is 1. The van der Waals surface area contributed by atoms with Gasteiger partial charge in [0.2, 0.25) is 5.13 Å². The molecule has 17 heavy (non-hydrogen) atoms. The Hall–Kier alpha value is -1.88. The maximum absolute atomic E-state index is 9.44. The van der Waals surface area contributed by atoms with Crippen molar-refractivity contribution in [3.8, 4) is 11.5 Å². The molecule has 1 aromatic heterocycles. The summed E-state index contributed by atoms with van der Waals surface area (Å²) in [4.78, 5) is 8.47. The van der Waals surface area contributed by atoms with Crippen molar-refractivity contribution < 1.29 is 9.84 Å². The van der Waals surface area contributed by atoms with Gasteiger partial charge in [0.25, 0.3) is 0 Å². The first-order valence-electron chi connectivity index (χ1n) is 5.02. The van der Waals surface area contributed by atoms with Gasteiger partial charge in [-0.3, -0.25) is 0 Å². The average Bonchev–Trinajstić information content (AvgIpc) is 2.74. The standard InChI is InChI=1S/C12H12N2O2S/c1-8-7-17-12(14-8)13-6-9-3-4-10(15)11(5-9)16-2/h3-7,15H,1-2H3. The number of thiazole rings is 1. The predicted octanol–water partition coefficient (Wildman–Crippen LogP) is 2.92. The van der Waals surface area contributed by atoms with Crippen LogP contribution in [0.1, 0.15) is 11.3 Å². The summed E-state index contributed by atoms with van der Waals surface area (Å²) in [5.41, 5.74) is 1.82. The largest absolute Gasteiger partial charge is 0.504 e. The van der Waals surface area contributed by atoms with Crippen molar-refractivity contribution in [2.45, 2.75) is 6.92 Å². The fourth-order valence-electron chi connectivity index (χ4n) is 1.31. The Kier molecular flexibility index (Phi) is 3.39. The zero-order chi connectivity index (χ0) is 12.3. The highest BCUT2D eigenvalue weighted by atomic mass is 32.1. The number of nitrogens with zero attached hydrogens (tertiary/aromatic N) is 2. The normalized spacial score (nSPS) is 10.9. The number of rotatable bonds is 3. The monoisotopic (exact) mass is 248 g/mol. The highest BCUT2D eigenvalue weighted by molar-refractivity contribution is 7.13. The first-order valence-corrected chi connectivity index (χ1v) is 5.90. The Morgan fingerprint density at radius 3 is 2.94 bits per heavy atom. The van der Waals surface area contributed by atoms with E-state index in [-0.39, 0.29) is 5.75 Å². The number of phenols is 1. The maximum Gasteiger partial charge on any atom is 0.209 e. The third-order valence-electron chi connectivity index (χ3n) is 2.13. The Bertz CT molecular complexity index is 549. The Morgan fingerprint density at radius 2 is 2.29 bits per heavy atom. The zero-order valence-electron chi connectivity index (χ0n) is 9.54. The number of methoxy groups -OCH3 is 1. The lowest BCUT2D eigenvalue weighted by molar-refractivity contribution is 0.373. The van der Waals surface area contributed by atoms with Crippen molar-refractivity contribution >= 4 is 22.7 Å². The van der Waals surface area contributed by atoms with Crippen LogP contribution in [0.2, 0.25) is 0 Å². The van der Waals surface area contributed by atoms with E-state index in [0.717, 1.165) is 16.4 Å². The van der Waals surface area contributed by atoms with Gasteiger partial charge in [0.15, 0.2) is 11.5 Å². The SMILES string of the molecule is COc1cc(C=Nc2nc(C)cs2)ccc1O. The fraction of sp³-hybridized carbons (Fsp3) is 0.167. The molecule has 0 atom stereocenters. The van der Waals surface area contributed by atoms with E-state index >= 15 is 0 Å². The number of aromatic nitrogens is 1. The van der Waals surface area contributed by atoms with Crippen LogP contribution in [0.3, 0.4) is 0 Å². The van der Waals surface area contributed by atoms with Crippen LogP contribution < -0.4 is 4.74 Å². The van der Waals surface area contributed by atoms with Gasteiger partial charge in [-0.1, -0.05) is 0 Å². The minimum absolute atomic E-state index is 0.120. The topological polar surface area (TPSA) is 54.7 Å². The fourth-order valence-corrected chi connectivity index (χ4v) is 1.94. The van der Waals surface area contributed by atoms with Crippen LogP contribution in [0.15, 0.2) is 28.6 Å². The second kappa shape index (κ2) is 4.97.